The Labute approximate surface area is 95.3 Å². The molecule has 2 aromatic heterocycles. The molecule has 2 rings (SSSR count). The fraction of sp³-hybridized carbons (Fsp3) is 0.111. The van der Waals surface area contributed by atoms with Crippen LogP contribution >= 0.6 is 22.6 Å². The van der Waals surface area contributed by atoms with Crippen LogP contribution in [0.3, 0.4) is 0 Å². The third-order valence-electron chi connectivity index (χ3n) is 1.84. The second-order valence-corrected chi connectivity index (χ2v) is 4.26. The van der Waals surface area contributed by atoms with E-state index >= 15 is 0 Å². The molecule has 0 aliphatic rings. The number of aromatic nitrogens is 3. The molecule has 4 nitrogen and oxygen atoms in total. The minimum absolute atomic E-state index is 0.674. The Bertz CT molecular complexity index is 464. The molecule has 14 heavy (non-hydrogen) atoms. The van der Waals surface area contributed by atoms with Gasteiger partial charge >= 0.3 is 0 Å². The van der Waals surface area contributed by atoms with Crippen LogP contribution in [0, 0.1) is 10.5 Å². The molecule has 0 amide bonds. The second kappa shape index (κ2) is 3.56. The number of hydrogen-bond acceptors (Lipinski definition) is 3. The van der Waals surface area contributed by atoms with Gasteiger partial charge in [0.1, 0.15) is 0 Å². The number of anilines is 1. The fourth-order valence-corrected chi connectivity index (χ4v) is 1.63. The summed E-state index contributed by atoms with van der Waals surface area (Å²) in [4.78, 5) is 4.23. The number of nitrogen functional groups attached to an aromatic ring is 1. The van der Waals surface area contributed by atoms with Crippen molar-refractivity contribution in [2.24, 2.45) is 0 Å². The highest BCUT2D eigenvalue weighted by Gasteiger charge is 2.04. The van der Waals surface area contributed by atoms with Gasteiger partial charge in [0, 0.05) is 6.20 Å². The molecule has 0 aromatic carbocycles. The number of pyridine rings is 1. The standard InChI is InChI=1S/C9H9IN4/c1-6-2-8(11)4-12-9(6)14-5-7(10)3-13-14/h2-5H,11H2,1H3. The molecule has 72 valence electrons. The summed E-state index contributed by atoms with van der Waals surface area (Å²) in [6, 6.07) is 1.89. The average molecular weight is 300 g/mol. The van der Waals surface area contributed by atoms with Crippen LogP contribution in [0.4, 0.5) is 5.69 Å². The molecule has 0 saturated heterocycles. The fourth-order valence-electron chi connectivity index (χ4n) is 1.25. The van der Waals surface area contributed by atoms with Gasteiger partial charge in [0.25, 0.3) is 0 Å². The van der Waals surface area contributed by atoms with Gasteiger partial charge in [-0.1, -0.05) is 0 Å². The molecule has 0 spiro atoms. The van der Waals surface area contributed by atoms with E-state index in [-0.39, 0.29) is 0 Å². The van der Waals surface area contributed by atoms with Gasteiger partial charge in [-0.25, -0.2) is 9.67 Å². The summed E-state index contributed by atoms with van der Waals surface area (Å²) in [7, 11) is 0. The van der Waals surface area contributed by atoms with Crippen molar-refractivity contribution >= 4 is 28.3 Å². The van der Waals surface area contributed by atoms with Crippen molar-refractivity contribution in [1.82, 2.24) is 14.8 Å². The Balaban J connectivity index is 2.52. The smallest absolute Gasteiger partial charge is 0.156 e. The van der Waals surface area contributed by atoms with Gasteiger partial charge in [-0.15, -0.1) is 0 Å². The molecular formula is C9H9IN4. The number of rotatable bonds is 1. The summed E-state index contributed by atoms with van der Waals surface area (Å²) in [5, 5.41) is 4.18. The summed E-state index contributed by atoms with van der Waals surface area (Å²) >= 11 is 2.21. The molecule has 0 bridgehead atoms. The first-order valence-electron chi connectivity index (χ1n) is 4.09. The SMILES string of the molecule is Cc1cc(N)cnc1-n1cc(I)cn1. The largest absolute Gasteiger partial charge is 0.397 e. The molecule has 5 heteroatoms. The quantitative estimate of drug-likeness (QED) is 0.817. The predicted octanol–water partition coefficient (Wildman–Crippen LogP) is 1.76. The predicted molar refractivity (Wildman–Crippen MR) is 63.2 cm³/mol. The molecule has 0 aliphatic heterocycles. The zero-order chi connectivity index (χ0) is 10.1. The molecule has 2 aromatic rings. The zero-order valence-corrected chi connectivity index (χ0v) is 9.76. The van der Waals surface area contributed by atoms with E-state index in [0.29, 0.717) is 5.69 Å². The Hall–Kier alpha value is -1.11. The van der Waals surface area contributed by atoms with E-state index < -0.39 is 0 Å². The van der Waals surface area contributed by atoms with Gasteiger partial charge in [-0.3, -0.25) is 0 Å². The Kier molecular flexibility index (Phi) is 2.40. The highest BCUT2D eigenvalue weighted by atomic mass is 127. The molecule has 0 saturated carbocycles. The first-order chi connectivity index (χ1) is 6.66. The van der Waals surface area contributed by atoms with Crippen LogP contribution in [-0.4, -0.2) is 14.8 Å². The summed E-state index contributed by atoms with van der Waals surface area (Å²) in [6.45, 7) is 1.97. The van der Waals surface area contributed by atoms with Crippen molar-refractivity contribution in [2.75, 3.05) is 5.73 Å². The average Bonchev–Trinajstić information content (AvgIpc) is 2.51. The van der Waals surface area contributed by atoms with Crippen LogP contribution in [0.5, 0.6) is 0 Å². The van der Waals surface area contributed by atoms with E-state index in [1.54, 1.807) is 17.1 Å². The van der Waals surface area contributed by atoms with E-state index in [0.717, 1.165) is 15.0 Å². The number of aryl methyl sites for hydroxylation is 1. The van der Waals surface area contributed by atoms with Crippen LogP contribution < -0.4 is 5.73 Å². The lowest BCUT2D eigenvalue weighted by Gasteiger charge is -2.04. The minimum atomic E-state index is 0.674. The Morgan fingerprint density at radius 2 is 2.21 bits per heavy atom. The van der Waals surface area contributed by atoms with Crippen molar-refractivity contribution < 1.29 is 0 Å². The topological polar surface area (TPSA) is 56.7 Å². The van der Waals surface area contributed by atoms with E-state index in [9.17, 15) is 0 Å². The van der Waals surface area contributed by atoms with Crippen molar-refractivity contribution in [3.8, 4) is 5.82 Å². The third kappa shape index (κ3) is 1.72. The number of halogens is 1. The summed E-state index contributed by atoms with van der Waals surface area (Å²) in [6.07, 6.45) is 5.35. The van der Waals surface area contributed by atoms with Gasteiger partial charge in [0.05, 0.1) is 21.7 Å². The molecular weight excluding hydrogens is 291 g/mol. The molecule has 2 N–H and O–H groups in total. The lowest BCUT2D eigenvalue weighted by Crippen LogP contribution is -2.01. The van der Waals surface area contributed by atoms with Crippen LogP contribution in [0.15, 0.2) is 24.7 Å². The number of nitrogens with two attached hydrogens (primary N) is 1. The van der Waals surface area contributed by atoms with Gasteiger partial charge in [-0.2, -0.15) is 5.10 Å². The lowest BCUT2D eigenvalue weighted by molar-refractivity contribution is 0.838. The van der Waals surface area contributed by atoms with Crippen molar-refractivity contribution in [2.45, 2.75) is 6.92 Å². The van der Waals surface area contributed by atoms with Crippen molar-refractivity contribution in [1.29, 1.82) is 0 Å². The normalized spacial score (nSPS) is 10.4. The van der Waals surface area contributed by atoms with E-state index in [1.807, 2.05) is 19.2 Å². The molecule has 0 fully saturated rings. The minimum Gasteiger partial charge on any atom is -0.397 e. The summed E-state index contributed by atoms with van der Waals surface area (Å²) in [5.74, 6) is 0.821. The van der Waals surface area contributed by atoms with Gasteiger partial charge in [-0.05, 0) is 41.1 Å². The summed E-state index contributed by atoms with van der Waals surface area (Å²) in [5.41, 5.74) is 7.31. The maximum absolute atomic E-state index is 5.62. The Morgan fingerprint density at radius 3 is 2.79 bits per heavy atom. The van der Waals surface area contributed by atoms with Crippen LogP contribution in [0.25, 0.3) is 5.82 Å². The highest BCUT2D eigenvalue weighted by Crippen LogP contribution is 2.14. The Morgan fingerprint density at radius 1 is 1.43 bits per heavy atom. The van der Waals surface area contributed by atoms with E-state index in [4.69, 9.17) is 5.73 Å². The van der Waals surface area contributed by atoms with E-state index in [2.05, 4.69) is 32.7 Å². The van der Waals surface area contributed by atoms with Gasteiger partial charge in [0.15, 0.2) is 5.82 Å². The molecule has 0 aliphatic carbocycles. The molecule has 0 atom stereocenters. The number of nitrogens with zero attached hydrogens (tertiary/aromatic N) is 3. The van der Waals surface area contributed by atoms with Crippen molar-refractivity contribution in [3.05, 3.63) is 33.8 Å². The molecule has 0 unspecified atom stereocenters. The zero-order valence-electron chi connectivity index (χ0n) is 7.61. The molecule has 2 heterocycles. The third-order valence-corrected chi connectivity index (χ3v) is 2.40. The maximum Gasteiger partial charge on any atom is 0.156 e. The van der Waals surface area contributed by atoms with Crippen molar-refractivity contribution in [3.63, 3.8) is 0 Å². The van der Waals surface area contributed by atoms with Crippen LogP contribution in [0.2, 0.25) is 0 Å². The second-order valence-electron chi connectivity index (χ2n) is 3.01. The van der Waals surface area contributed by atoms with E-state index in [1.165, 1.54) is 0 Å². The van der Waals surface area contributed by atoms with Crippen LogP contribution in [0.1, 0.15) is 5.56 Å². The van der Waals surface area contributed by atoms with Gasteiger partial charge in [0.2, 0.25) is 0 Å². The summed E-state index contributed by atoms with van der Waals surface area (Å²) < 4.78 is 2.83. The van der Waals surface area contributed by atoms with Gasteiger partial charge < -0.3 is 5.73 Å². The lowest BCUT2D eigenvalue weighted by atomic mass is 10.3. The van der Waals surface area contributed by atoms with Crippen LogP contribution in [-0.2, 0) is 0 Å². The number of hydrogen-bond donors (Lipinski definition) is 1. The maximum atomic E-state index is 5.62. The molecule has 0 radical (unpaired) electrons. The first-order valence-corrected chi connectivity index (χ1v) is 5.17. The first kappa shape index (κ1) is 9.45. The monoisotopic (exact) mass is 300 g/mol. The highest BCUT2D eigenvalue weighted by molar-refractivity contribution is 14.1.